The highest BCUT2D eigenvalue weighted by Crippen LogP contribution is 2.19. The second-order valence-electron chi connectivity index (χ2n) is 5.47. The van der Waals surface area contributed by atoms with Crippen molar-refractivity contribution in [3.05, 3.63) is 46.2 Å². The number of H-pyrrole nitrogens is 1. The SMILES string of the molecule is O=C(O)[C@@H]1CCCN1C(=O)Cc1cc2ccccc2[nH]c1=O. The van der Waals surface area contributed by atoms with E-state index >= 15 is 0 Å². The summed E-state index contributed by atoms with van der Waals surface area (Å²) in [5.74, 6) is -1.30. The zero-order valence-electron chi connectivity index (χ0n) is 11.9. The molecule has 1 fully saturated rings. The molecule has 0 spiro atoms. The van der Waals surface area contributed by atoms with E-state index in [0.717, 1.165) is 5.39 Å². The molecule has 0 bridgehead atoms. The summed E-state index contributed by atoms with van der Waals surface area (Å²) in [6.45, 7) is 0.432. The number of likely N-dealkylation sites (tertiary alicyclic amines) is 1. The van der Waals surface area contributed by atoms with Gasteiger partial charge in [-0.3, -0.25) is 9.59 Å². The van der Waals surface area contributed by atoms with E-state index < -0.39 is 12.0 Å². The van der Waals surface area contributed by atoms with E-state index in [4.69, 9.17) is 5.11 Å². The third-order valence-electron chi connectivity index (χ3n) is 4.03. The van der Waals surface area contributed by atoms with Crippen LogP contribution in [0.5, 0.6) is 0 Å². The first-order valence-electron chi connectivity index (χ1n) is 7.19. The Balaban J connectivity index is 1.86. The third-order valence-corrected chi connectivity index (χ3v) is 4.03. The summed E-state index contributed by atoms with van der Waals surface area (Å²) in [6.07, 6.45) is 1.07. The number of pyridine rings is 1. The Hall–Kier alpha value is -2.63. The molecule has 2 aromatic rings. The fourth-order valence-corrected chi connectivity index (χ4v) is 2.91. The number of benzene rings is 1. The summed E-state index contributed by atoms with van der Waals surface area (Å²) in [5.41, 5.74) is 0.770. The van der Waals surface area contributed by atoms with E-state index in [1.807, 2.05) is 18.2 Å². The monoisotopic (exact) mass is 300 g/mol. The van der Waals surface area contributed by atoms with Gasteiger partial charge < -0.3 is 15.0 Å². The van der Waals surface area contributed by atoms with Crippen molar-refractivity contribution in [1.82, 2.24) is 9.88 Å². The van der Waals surface area contributed by atoms with Gasteiger partial charge in [-0.1, -0.05) is 18.2 Å². The molecule has 3 rings (SSSR count). The number of para-hydroxylation sites is 1. The zero-order chi connectivity index (χ0) is 15.7. The first-order valence-corrected chi connectivity index (χ1v) is 7.19. The molecule has 1 aromatic carbocycles. The number of hydrogen-bond acceptors (Lipinski definition) is 3. The van der Waals surface area contributed by atoms with Crippen LogP contribution in [0.2, 0.25) is 0 Å². The van der Waals surface area contributed by atoms with E-state index in [-0.39, 0.29) is 17.9 Å². The van der Waals surface area contributed by atoms with Crippen LogP contribution in [0.25, 0.3) is 10.9 Å². The van der Waals surface area contributed by atoms with Crippen molar-refractivity contribution in [2.45, 2.75) is 25.3 Å². The summed E-state index contributed by atoms with van der Waals surface area (Å²) in [4.78, 5) is 39.6. The number of nitrogens with one attached hydrogen (secondary N) is 1. The molecule has 1 atom stereocenters. The fraction of sp³-hybridized carbons (Fsp3) is 0.312. The zero-order valence-corrected chi connectivity index (χ0v) is 11.9. The Labute approximate surface area is 126 Å². The second kappa shape index (κ2) is 5.63. The molecule has 1 aliphatic heterocycles. The molecular weight excluding hydrogens is 284 g/mol. The summed E-state index contributed by atoms with van der Waals surface area (Å²) >= 11 is 0. The molecule has 1 saturated heterocycles. The molecule has 114 valence electrons. The van der Waals surface area contributed by atoms with Crippen LogP contribution >= 0.6 is 0 Å². The summed E-state index contributed by atoms with van der Waals surface area (Å²) in [6, 6.07) is 8.25. The number of aromatic nitrogens is 1. The smallest absolute Gasteiger partial charge is 0.326 e. The second-order valence-corrected chi connectivity index (χ2v) is 5.47. The largest absolute Gasteiger partial charge is 0.480 e. The minimum absolute atomic E-state index is 0.0794. The van der Waals surface area contributed by atoms with Gasteiger partial charge in [0.15, 0.2) is 0 Å². The van der Waals surface area contributed by atoms with Gasteiger partial charge in [0.05, 0.1) is 6.42 Å². The third kappa shape index (κ3) is 2.59. The van der Waals surface area contributed by atoms with Crippen LogP contribution in [0, 0.1) is 0 Å². The minimum atomic E-state index is -0.988. The average molecular weight is 300 g/mol. The fourth-order valence-electron chi connectivity index (χ4n) is 2.91. The molecule has 2 heterocycles. The predicted molar refractivity (Wildman–Crippen MR) is 80.6 cm³/mol. The number of aromatic amines is 1. The maximum atomic E-state index is 12.3. The lowest BCUT2D eigenvalue weighted by molar-refractivity contribution is -0.148. The first-order chi connectivity index (χ1) is 10.6. The number of carbonyl (C=O) groups is 2. The van der Waals surface area contributed by atoms with Crippen LogP contribution in [0.15, 0.2) is 35.1 Å². The van der Waals surface area contributed by atoms with Crippen molar-refractivity contribution < 1.29 is 14.7 Å². The predicted octanol–water partition coefficient (Wildman–Crippen LogP) is 1.15. The quantitative estimate of drug-likeness (QED) is 0.889. The van der Waals surface area contributed by atoms with Crippen LogP contribution in [-0.2, 0) is 16.0 Å². The molecule has 0 aliphatic carbocycles. The minimum Gasteiger partial charge on any atom is -0.480 e. The molecule has 2 N–H and O–H groups in total. The molecular formula is C16H16N2O4. The van der Waals surface area contributed by atoms with E-state index in [0.29, 0.717) is 30.5 Å². The molecule has 0 saturated carbocycles. The normalized spacial score (nSPS) is 17.8. The molecule has 1 aromatic heterocycles. The van der Waals surface area contributed by atoms with Crippen LogP contribution in [-0.4, -0.2) is 39.5 Å². The van der Waals surface area contributed by atoms with Crippen LogP contribution in [0.1, 0.15) is 18.4 Å². The van der Waals surface area contributed by atoms with Crippen LogP contribution < -0.4 is 5.56 Å². The van der Waals surface area contributed by atoms with Gasteiger partial charge in [-0.15, -0.1) is 0 Å². The number of carbonyl (C=O) groups excluding carboxylic acids is 1. The van der Waals surface area contributed by atoms with Gasteiger partial charge in [-0.2, -0.15) is 0 Å². The highest BCUT2D eigenvalue weighted by Gasteiger charge is 2.33. The molecule has 6 nitrogen and oxygen atoms in total. The summed E-state index contributed by atoms with van der Waals surface area (Å²) in [7, 11) is 0. The van der Waals surface area contributed by atoms with E-state index in [1.54, 1.807) is 12.1 Å². The number of nitrogens with zero attached hydrogens (tertiary/aromatic N) is 1. The van der Waals surface area contributed by atoms with Crippen molar-refractivity contribution >= 4 is 22.8 Å². The van der Waals surface area contributed by atoms with Gasteiger partial charge in [-0.25, -0.2) is 4.79 Å². The molecule has 6 heteroatoms. The van der Waals surface area contributed by atoms with Gasteiger partial charge in [0, 0.05) is 17.6 Å². The van der Waals surface area contributed by atoms with Crippen molar-refractivity contribution in [3.63, 3.8) is 0 Å². The topological polar surface area (TPSA) is 90.5 Å². The highest BCUT2D eigenvalue weighted by molar-refractivity contribution is 5.86. The Bertz CT molecular complexity index is 796. The Morgan fingerprint density at radius 3 is 2.86 bits per heavy atom. The summed E-state index contributed by atoms with van der Waals surface area (Å²) in [5, 5.41) is 9.98. The maximum absolute atomic E-state index is 12.3. The van der Waals surface area contributed by atoms with E-state index in [2.05, 4.69) is 4.98 Å². The van der Waals surface area contributed by atoms with E-state index in [1.165, 1.54) is 4.90 Å². The Morgan fingerprint density at radius 1 is 1.32 bits per heavy atom. The molecule has 1 aliphatic rings. The van der Waals surface area contributed by atoms with Crippen LogP contribution in [0.4, 0.5) is 0 Å². The Morgan fingerprint density at radius 2 is 2.09 bits per heavy atom. The van der Waals surface area contributed by atoms with Gasteiger partial charge in [0.25, 0.3) is 5.56 Å². The van der Waals surface area contributed by atoms with Gasteiger partial charge >= 0.3 is 5.97 Å². The van der Waals surface area contributed by atoms with Crippen molar-refractivity contribution in [1.29, 1.82) is 0 Å². The number of carboxylic acid groups (broad SMARTS) is 1. The Kier molecular flexibility index (Phi) is 3.66. The lowest BCUT2D eigenvalue weighted by atomic mass is 10.1. The summed E-state index contributed by atoms with van der Waals surface area (Å²) < 4.78 is 0. The average Bonchev–Trinajstić information content (AvgIpc) is 2.97. The number of amides is 1. The van der Waals surface area contributed by atoms with Crippen molar-refractivity contribution in [2.24, 2.45) is 0 Å². The molecule has 0 unspecified atom stereocenters. The highest BCUT2D eigenvalue weighted by atomic mass is 16.4. The van der Waals surface area contributed by atoms with Crippen LogP contribution in [0.3, 0.4) is 0 Å². The lowest BCUT2D eigenvalue weighted by Crippen LogP contribution is -2.41. The molecule has 0 radical (unpaired) electrons. The number of carboxylic acids is 1. The molecule has 22 heavy (non-hydrogen) atoms. The van der Waals surface area contributed by atoms with E-state index in [9.17, 15) is 14.4 Å². The standard InChI is InChI=1S/C16H16N2O4/c19-14(18-7-3-6-13(18)16(21)22)9-11-8-10-4-1-2-5-12(10)17-15(11)20/h1-2,4-5,8,13H,3,6-7,9H2,(H,17,20)(H,21,22)/t13-/m0/s1. The number of fused-ring (bicyclic) bond motifs is 1. The van der Waals surface area contributed by atoms with Gasteiger partial charge in [-0.05, 0) is 30.4 Å². The van der Waals surface area contributed by atoms with Gasteiger partial charge in [0.2, 0.25) is 5.91 Å². The first kappa shape index (κ1) is 14.3. The lowest BCUT2D eigenvalue weighted by Gasteiger charge is -2.21. The van der Waals surface area contributed by atoms with Gasteiger partial charge in [0.1, 0.15) is 6.04 Å². The number of aliphatic carboxylic acids is 1. The van der Waals surface area contributed by atoms with Crippen molar-refractivity contribution in [3.8, 4) is 0 Å². The van der Waals surface area contributed by atoms with Crippen molar-refractivity contribution in [2.75, 3.05) is 6.54 Å². The molecule has 1 amide bonds. The maximum Gasteiger partial charge on any atom is 0.326 e. The number of rotatable bonds is 3. The number of hydrogen-bond donors (Lipinski definition) is 2.